The summed E-state index contributed by atoms with van der Waals surface area (Å²) in [6.07, 6.45) is 3.08. The first kappa shape index (κ1) is 11.2. The zero-order chi connectivity index (χ0) is 11.5. The molecule has 1 atom stereocenters. The van der Waals surface area contributed by atoms with E-state index in [2.05, 4.69) is 43.5 Å². The third-order valence-electron chi connectivity index (χ3n) is 3.01. The van der Waals surface area contributed by atoms with Gasteiger partial charge in [-0.25, -0.2) is 5.43 Å². The van der Waals surface area contributed by atoms with Crippen LogP contribution in [0.3, 0.4) is 0 Å². The Balaban J connectivity index is 2.40. The molecule has 1 aromatic carbocycles. The molecule has 0 saturated heterocycles. The van der Waals surface area contributed by atoms with Crippen LogP contribution < -0.4 is 11.3 Å². The molecular weight excluding hydrogens is 200 g/mol. The lowest BCUT2D eigenvalue weighted by Gasteiger charge is -2.21. The zero-order valence-electron chi connectivity index (χ0n) is 9.79. The fourth-order valence-electron chi connectivity index (χ4n) is 2.23. The van der Waals surface area contributed by atoms with Gasteiger partial charge in [0.1, 0.15) is 11.8 Å². The minimum Gasteiger partial charge on any atom is -0.496 e. The number of nitrogens with two attached hydrogens (primary N) is 1. The maximum absolute atomic E-state index is 5.65. The fraction of sp³-hybridized carbons (Fsp3) is 0.385. The van der Waals surface area contributed by atoms with Crippen LogP contribution in [0.25, 0.3) is 0 Å². The molecule has 2 rings (SSSR count). The lowest BCUT2D eigenvalue weighted by atomic mass is 9.95. The van der Waals surface area contributed by atoms with E-state index in [1.165, 1.54) is 16.7 Å². The van der Waals surface area contributed by atoms with E-state index in [0.29, 0.717) is 0 Å². The first-order valence-corrected chi connectivity index (χ1v) is 5.59. The third-order valence-corrected chi connectivity index (χ3v) is 3.01. The number of aryl methyl sites for hydroxylation is 2. The van der Waals surface area contributed by atoms with Crippen LogP contribution in [0, 0.1) is 13.8 Å². The molecule has 3 N–H and O–H groups in total. The van der Waals surface area contributed by atoms with Crippen molar-refractivity contribution < 1.29 is 4.74 Å². The molecule has 86 valence electrons. The van der Waals surface area contributed by atoms with E-state index in [9.17, 15) is 0 Å². The topological polar surface area (TPSA) is 47.3 Å². The SMILES string of the molecule is Cc1cccc(C)c1C(NN)C1=CCCO1. The predicted octanol–water partition coefficient (Wildman–Crippen LogP) is 2.11. The molecular formula is C13H18N2O. The molecule has 3 nitrogen and oxygen atoms in total. The molecule has 1 aromatic rings. The van der Waals surface area contributed by atoms with E-state index in [-0.39, 0.29) is 6.04 Å². The lowest BCUT2D eigenvalue weighted by molar-refractivity contribution is 0.215. The van der Waals surface area contributed by atoms with Crippen LogP contribution >= 0.6 is 0 Å². The smallest absolute Gasteiger partial charge is 0.115 e. The van der Waals surface area contributed by atoms with E-state index in [0.717, 1.165) is 18.8 Å². The molecule has 0 radical (unpaired) electrons. The largest absolute Gasteiger partial charge is 0.496 e. The first-order chi connectivity index (χ1) is 7.74. The van der Waals surface area contributed by atoms with Gasteiger partial charge in [0, 0.05) is 6.42 Å². The maximum Gasteiger partial charge on any atom is 0.115 e. The Morgan fingerprint density at radius 3 is 2.50 bits per heavy atom. The third kappa shape index (κ3) is 1.96. The number of nitrogens with one attached hydrogen (secondary N) is 1. The van der Waals surface area contributed by atoms with Crippen molar-refractivity contribution in [3.63, 3.8) is 0 Å². The van der Waals surface area contributed by atoms with Crippen LogP contribution in [0.15, 0.2) is 30.0 Å². The van der Waals surface area contributed by atoms with Crippen LogP contribution in [0.4, 0.5) is 0 Å². The monoisotopic (exact) mass is 218 g/mol. The van der Waals surface area contributed by atoms with Gasteiger partial charge in [0.2, 0.25) is 0 Å². The highest BCUT2D eigenvalue weighted by molar-refractivity contribution is 5.39. The van der Waals surface area contributed by atoms with Gasteiger partial charge >= 0.3 is 0 Å². The van der Waals surface area contributed by atoms with Gasteiger partial charge in [-0.15, -0.1) is 0 Å². The Morgan fingerprint density at radius 2 is 2.00 bits per heavy atom. The fourth-order valence-corrected chi connectivity index (χ4v) is 2.23. The van der Waals surface area contributed by atoms with Crippen molar-refractivity contribution >= 4 is 0 Å². The molecule has 1 aliphatic rings. The van der Waals surface area contributed by atoms with Crippen LogP contribution in [-0.2, 0) is 4.74 Å². The standard InChI is InChI=1S/C13H18N2O/c1-9-5-3-6-10(2)12(9)13(15-14)11-7-4-8-16-11/h3,5-7,13,15H,4,8,14H2,1-2H3. The normalized spacial score (nSPS) is 16.8. The molecule has 0 fully saturated rings. The van der Waals surface area contributed by atoms with Gasteiger partial charge in [0.25, 0.3) is 0 Å². The Morgan fingerprint density at radius 1 is 1.31 bits per heavy atom. The van der Waals surface area contributed by atoms with Crippen molar-refractivity contribution in [2.24, 2.45) is 5.84 Å². The Labute approximate surface area is 96.3 Å². The zero-order valence-corrected chi connectivity index (χ0v) is 9.79. The van der Waals surface area contributed by atoms with E-state index in [1.807, 2.05) is 0 Å². The Kier molecular flexibility index (Phi) is 3.27. The molecule has 3 heteroatoms. The van der Waals surface area contributed by atoms with Gasteiger partial charge in [-0.05, 0) is 36.6 Å². The van der Waals surface area contributed by atoms with Crippen LogP contribution in [0.2, 0.25) is 0 Å². The number of hydrogen-bond acceptors (Lipinski definition) is 3. The molecule has 1 unspecified atom stereocenters. The number of hydrogen-bond donors (Lipinski definition) is 2. The molecule has 0 spiro atoms. The molecule has 0 bridgehead atoms. The van der Waals surface area contributed by atoms with E-state index in [1.54, 1.807) is 0 Å². The second-order valence-corrected chi connectivity index (χ2v) is 4.15. The molecule has 1 aliphatic heterocycles. The summed E-state index contributed by atoms with van der Waals surface area (Å²) in [5, 5.41) is 0. The van der Waals surface area contributed by atoms with Crippen molar-refractivity contribution in [1.29, 1.82) is 0 Å². The highest BCUT2D eigenvalue weighted by Gasteiger charge is 2.22. The second-order valence-electron chi connectivity index (χ2n) is 4.15. The summed E-state index contributed by atoms with van der Waals surface area (Å²) in [5.74, 6) is 6.60. The summed E-state index contributed by atoms with van der Waals surface area (Å²) in [4.78, 5) is 0. The second kappa shape index (κ2) is 4.68. The summed E-state index contributed by atoms with van der Waals surface area (Å²) in [7, 11) is 0. The Bertz CT molecular complexity index is 392. The van der Waals surface area contributed by atoms with Gasteiger partial charge in [0.15, 0.2) is 0 Å². The van der Waals surface area contributed by atoms with Crippen LogP contribution in [0.1, 0.15) is 29.2 Å². The van der Waals surface area contributed by atoms with Gasteiger partial charge < -0.3 is 4.74 Å². The van der Waals surface area contributed by atoms with Crippen LogP contribution in [-0.4, -0.2) is 6.61 Å². The number of ether oxygens (including phenoxy) is 1. The number of rotatable bonds is 3. The van der Waals surface area contributed by atoms with Gasteiger partial charge in [-0.1, -0.05) is 18.2 Å². The molecule has 0 saturated carbocycles. The minimum atomic E-state index is -0.0244. The predicted molar refractivity (Wildman–Crippen MR) is 64.6 cm³/mol. The minimum absolute atomic E-state index is 0.0244. The summed E-state index contributed by atoms with van der Waals surface area (Å²) in [6.45, 7) is 4.96. The van der Waals surface area contributed by atoms with Crippen molar-refractivity contribution in [3.8, 4) is 0 Å². The summed E-state index contributed by atoms with van der Waals surface area (Å²) < 4.78 is 5.59. The molecule has 0 aliphatic carbocycles. The van der Waals surface area contributed by atoms with Crippen molar-refractivity contribution in [2.45, 2.75) is 26.3 Å². The summed E-state index contributed by atoms with van der Waals surface area (Å²) >= 11 is 0. The molecule has 16 heavy (non-hydrogen) atoms. The van der Waals surface area contributed by atoms with Gasteiger partial charge in [0.05, 0.1) is 6.61 Å². The summed E-state index contributed by atoms with van der Waals surface area (Å²) in [5.41, 5.74) is 6.54. The average Bonchev–Trinajstić information content (AvgIpc) is 2.77. The van der Waals surface area contributed by atoms with E-state index >= 15 is 0 Å². The van der Waals surface area contributed by atoms with Crippen molar-refractivity contribution in [2.75, 3.05) is 6.61 Å². The highest BCUT2D eigenvalue weighted by atomic mass is 16.5. The van der Waals surface area contributed by atoms with Crippen molar-refractivity contribution in [3.05, 3.63) is 46.7 Å². The number of benzene rings is 1. The van der Waals surface area contributed by atoms with E-state index in [4.69, 9.17) is 10.6 Å². The maximum atomic E-state index is 5.65. The van der Waals surface area contributed by atoms with Crippen molar-refractivity contribution in [1.82, 2.24) is 5.43 Å². The molecule has 0 aromatic heterocycles. The molecule has 0 amide bonds. The summed E-state index contributed by atoms with van der Waals surface area (Å²) in [6, 6.07) is 6.24. The first-order valence-electron chi connectivity index (χ1n) is 5.59. The lowest BCUT2D eigenvalue weighted by Crippen LogP contribution is -2.30. The average molecular weight is 218 g/mol. The van der Waals surface area contributed by atoms with Crippen LogP contribution in [0.5, 0.6) is 0 Å². The highest BCUT2D eigenvalue weighted by Crippen LogP contribution is 2.30. The van der Waals surface area contributed by atoms with E-state index < -0.39 is 0 Å². The van der Waals surface area contributed by atoms with Gasteiger partial charge in [-0.3, -0.25) is 5.84 Å². The number of hydrazine groups is 1. The molecule has 1 heterocycles. The van der Waals surface area contributed by atoms with Gasteiger partial charge in [-0.2, -0.15) is 0 Å². The Hall–Kier alpha value is -1.32. The quantitative estimate of drug-likeness (QED) is 0.603.